The van der Waals surface area contributed by atoms with Gasteiger partial charge >= 0.3 is 0 Å². The molecule has 1 aliphatic rings. The summed E-state index contributed by atoms with van der Waals surface area (Å²) in [4.78, 5) is 49.8. The lowest BCUT2D eigenvalue weighted by molar-refractivity contribution is -0.139. The number of benzene rings is 1. The summed E-state index contributed by atoms with van der Waals surface area (Å²) in [5.41, 5.74) is 2.76. The first-order valence-corrected chi connectivity index (χ1v) is 8.58. The number of imidazole rings is 1. The van der Waals surface area contributed by atoms with Crippen LogP contribution in [0, 0.1) is 5.92 Å². The quantitative estimate of drug-likeness (QED) is 0.545. The molecule has 4 rings (SSSR count). The Morgan fingerprint density at radius 2 is 2.08 bits per heavy atom. The number of nitrogens with zero attached hydrogens (tertiary/aromatic N) is 2. The molecule has 0 bridgehead atoms. The van der Waals surface area contributed by atoms with Crippen molar-refractivity contribution < 1.29 is 14.4 Å². The molecular formula is C19H18N4O3. The highest BCUT2D eigenvalue weighted by Crippen LogP contribution is 2.40. The van der Waals surface area contributed by atoms with Crippen LogP contribution in [0.1, 0.15) is 31.5 Å². The smallest absolute Gasteiger partial charge is 0.295 e. The molecule has 132 valence electrons. The van der Waals surface area contributed by atoms with Crippen LogP contribution in [0.2, 0.25) is 0 Å². The summed E-state index contributed by atoms with van der Waals surface area (Å²) in [5, 5.41) is 0. The lowest BCUT2D eigenvalue weighted by Crippen LogP contribution is -2.30. The maximum absolute atomic E-state index is 12.8. The molecule has 3 aromatic rings. The van der Waals surface area contributed by atoms with Gasteiger partial charge in [0.2, 0.25) is 5.78 Å². The van der Waals surface area contributed by atoms with Crippen molar-refractivity contribution in [2.75, 3.05) is 4.90 Å². The predicted molar refractivity (Wildman–Crippen MR) is 95.5 cm³/mol. The highest BCUT2D eigenvalue weighted by Gasteiger charge is 2.52. The summed E-state index contributed by atoms with van der Waals surface area (Å²) in [5.74, 6) is -2.49. The van der Waals surface area contributed by atoms with Gasteiger partial charge in [-0.3, -0.25) is 19.3 Å². The summed E-state index contributed by atoms with van der Waals surface area (Å²) in [6.45, 7) is 1.88. The fourth-order valence-corrected chi connectivity index (χ4v) is 3.59. The molecule has 1 aromatic carbocycles. The number of nitrogens with one attached hydrogen (secondary N) is 2. The number of carbonyl (C=O) groups excluding carboxylic acids is 3. The van der Waals surface area contributed by atoms with E-state index in [9.17, 15) is 14.4 Å². The molecule has 2 atom stereocenters. The van der Waals surface area contributed by atoms with Crippen LogP contribution in [-0.2, 0) is 14.4 Å². The van der Waals surface area contributed by atoms with Gasteiger partial charge in [-0.25, -0.2) is 4.98 Å². The van der Waals surface area contributed by atoms with Gasteiger partial charge in [0.25, 0.3) is 5.91 Å². The van der Waals surface area contributed by atoms with Gasteiger partial charge in [0, 0.05) is 24.0 Å². The molecule has 0 aliphatic carbocycles. The first-order valence-electron chi connectivity index (χ1n) is 8.58. The topological polar surface area (TPSA) is 98.9 Å². The van der Waals surface area contributed by atoms with Gasteiger partial charge < -0.3 is 9.97 Å². The SMILES string of the molecule is CCCC(=O)C1C(=O)C(=O)N(c2ccc3nc[nH]c3c2)C1c1ccc[nH]1. The molecule has 26 heavy (non-hydrogen) atoms. The van der Waals surface area contributed by atoms with E-state index >= 15 is 0 Å². The van der Waals surface area contributed by atoms with E-state index in [1.807, 2.05) is 6.92 Å². The Morgan fingerprint density at radius 1 is 1.23 bits per heavy atom. The summed E-state index contributed by atoms with van der Waals surface area (Å²) in [6.07, 6.45) is 4.20. The van der Waals surface area contributed by atoms with Crippen LogP contribution in [0.3, 0.4) is 0 Å². The zero-order valence-electron chi connectivity index (χ0n) is 14.2. The van der Waals surface area contributed by atoms with Crippen molar-refractivity contribution in [3.8, 4) is 0 Å². The number of fused-ring (bicyclic) bond motifs is 1. The Morgan fingerprint density at radius 3 is 2.81 bits per heavy atom. The zero-order chi connectivity index (χ0) is 18.3. The number of carbonyl (C=O) groups is 3. The molecule has 2 unspecified atom stereocenters. The average molecular weight is 350 g/mol. The summed E-state index contributed by atoms with van der Waals surface area (Å²) >= 11 is 0. The molecule has 1 fully saturated rings. The molecule has 3 heterocycles. The van der Waals surface area contributed by atoms with E-state index in [2.05, 4.69) is 15.0 Å². The minimum atomic E-state index is -0.987. The van der Waals surface area contributed by atoms with Crippen LogP contribution in [0.5, 0.6) is 0 Å². The van der Waals surface area contributed by atoms with Crippen LogP contribution < -0.4 is 4.90 Å². The van der Waals surface area contributed by atoms with Crippen LogP contribution in [0.4, 0.5) is 5.69 Å². The van der Waals surface area contributed by atoms with Gasteiger partial charge in [-0.05, 0) is 36.8 Å². The van der Waals surface area contributed by atoms with Gasteiger partial charge in [-0.1, -0.05) is 6.92 Å². The first-order chi connectivity index (χ1) is 12.6. The van der Waals surface area contributed by atoms with Crippen molar-refractivity contribution in [1.29, 1.82) is 0 Å². The Labute approximate surface area is 149 Å². The number of hydrogen-bond acceptors (Lipinski definition) is 4. The molecule has 1 amide bonds. The fourth-order valence-electron chi connectivity index (χ4n) is 3.59. The molecule has 1 saturated heterocycles. The molecular weight excluding hydrogens is 332 g/mol. The largest absolute Gasteiger partial charge is 0.363 e. The Bertz CT molecular complexity index is 989. The molecule has 1 aliphatic heterocycles. The van der Waals surface area contributed by atoms with Crippen LogP contribution >= 0.6 is 0 Å². The van der Waals surface area contributed by atoms with E-state index < -0.39 is 23.7 Å². The van der Waals surface area contributed by atoms with Gasteiger partial charge in [0.05, 0.1) is 23.4 Å². The number of Topliss-reactive ketones (excluding diaryl/α,β-unsaturated/α-hetero) is 2. The van der Waals surface area contributed by atoms with Crippen molar-refractivity contribution >= 4 is 34.2 Å². The second kappa shape index (κ2) is 6.25. The summed E-state index contributed by atoms with van der Waals surface area (Å²) < 4.78 is 0. The lowest BCUT2D eigenvalue weighted by atomic mass is 9.90. The third kappa shape index (κ3) is 2.44. The minimum absolute atomic E-state index is 0.199. The Balaban J connectivity index is 1.84. The predicted octanol–water partition coefficient (Wildman–Crippen LogP) is 2.53. The van der Waals surface area contributed by atoms with Crippen molar-refractivity contribution in [3.05, 3.63) is 48.5 Å². The van der Waals surface area contributed by atoms with Gasteiger partial charge in [-0.2, -0.15) is 0 Å². The van der Waals surface area contributed by atoms with E-state index in [0.29, 0.717) is 17.8 Å². The number of anilines is 1. The number of hydrogen-bond donors (Lipinski definition) is 2. The van der Waals surface area contributed by atoms with Crippen molar-refractivity contribution in [2.24, 2.45) is 5.92 Å². The normalized spacial score (nSPS) is 20.3. The van der Waals surface area contributed by atoms with E-state index in [4.69, 9.17) is 0 Å². The second-order valence-corrected chi connectivity index (χ2v) is 6.41. The van der Waals surface area contributed by atoms with Crippen LogP contribution in [0.15, 0.2) is 42.9 Å². The minimum Gasteiger partial charge on any atom is -0.363 e. The third-order valence-corrected chi connectivity index (χ3v) is 4.77. The molecule has 2 N–H and O–H groups in total. The number of ketones is 2. The fraction of sp³-hybridized carbons (Fsp3) is 0.263. The number of aromatic nitrogens is 3. The van der Waals surface area contributed by atoms with E-state index in [1.165, 1.54) is 4.90 Å². The van der Waals surface area contributed by atoms with E-state index in [0.717, 1.165) is 11.0 Å². The first kappa shape index (κ1) is 16.3. The van der Waals surface area contributed by atoms with Gasteiger partial charge in [0.1, 0.15) is 11.7 Å². The Kier molecular flexibility index (Phi) is 3.91. The third-order valence-electron chi connectivity index (χ3n) is 4.77. The van der Waals surface area contributed by atoms with Crippen LogP contribution in [-0.4, -0.2) is 32.4 Å². The van der Waals surface area contributed by atoms with Gasteiger partial charge in [-0.15, -0.1) is 0 Å². The molecule has 7 nitrogen and oxygen atoms in total. The summed E-state index contributed by atoms with van der Waals surface area (Å²) in [6, 6.07) is 8.23. The highest BCUT2D eigenvalue weighted by molar-refractivity contribution is 6.48. The van der Waals surface area contributed by atoms with Crippen molar-refractivity contribution in [3.63, 3.8) is 0 Å². The molecule has 0 saturated carbocycles. The molecule has 2 aromatic heterocycles. The highest BCUT2D eigenvalue weighted by atomic mass is 16.2. The van der Waals surface area contributed by atoms with E-state index in [1.54, 1.807) is 42.9 Å². The summed E-state index contributed by atoms with van der Waals surface area (Å²) in [7, 11) is 0. The Hall–Kier alpha value is -3.22. The lowest BCUT2D eigenvalue weighted by Gasteiger charge is -2.26. The molecule has 0 radical (unpaired) electrons. The second-order valence-electron chi connectivity index (χ2n) is 6.41. The maximum atomic E-state index is 12.8. The zero-order valence-corrected chi connectivity index (χ0v) is 14.2. The van der Waals surface area contributed by atoms with Crippen LogP contribution in [0.25, 0.3) is 11.0 Å². The number of H-pyrrole nitrogens is 2. The van der Waals surface area contributed by atoms with Gasteiger partial charge in [0.15, 0.2) is 0 Å². The number of rotatable bonds is 5. The maximum Gasteiger partial charge on any atom is 0.295 e. The number of amides is 1. The van der Waals surface area contributed by atoms with Crippen molar-refractivity contribution in [2.45, 2.75) is 25.8 Å². The average Bonchev–Trinajstić information content (AvgIpc) is 3.35. The van der Waals surface area contributed by atoms with E-state index in [-0.39, 0.29) is 12.2 Å². The monoisotopic (exact) mass is 350 g/mol. The molecule has 7 heteroatoms. The molecule has 0 spiro atoms. The van der Waals surface area contributed by atoms with Crippen molar-refractivity contribution in [1.82, 2.24) is 15.0 Å². The number of aromatic amines is 2. The standard InChI is InChI=1S/C19H18N4O3/c1-2-4-15(24)16-17(13-5-3-8-20-13)23(19(26)18(16)25)11-6-7-12-14(9-11)22-10-21-12/h3,5-10,16-17,20H,2,4H2,1H3,(H,21,22).